The Hall–Kier alpha value is -2.94. The van der Waals surface area contributed by atoms with E-state index in [4.69, 9.17) is 19.9 Å². The Morgan fingerprint density at radius 3 is 2.60 bits per heavy atom. The maximum Gasteiger partial charge on any atom is 0.414 e. The van der Waals surface area contributed by atoms with Gasteiger partial charge in [-0.3, -0.25) is 15.1 Å². The van der Waals surface area contributed by atoms with Crippen molar-refractivity contribution in [1.82, 2.24) is 9.88 Å². The summed E-state index contributed by atoms with van der Waals surface area (Å²) in [6.07, 6.45) is 1.86. The van der Waals surface area contributed by atoms with Gasteiger partial charge in [-0.05, 0) is 36.5 Å². The first kappa shape index (κ1) is 25.2. The molecule has 1 N–H and O–H groups in total. The molecule has 8 nitrogen and oxygen atoms in total. The number of methoxy groups -OCH3 is 1. The quantitative estimate of drug-likeness (QED) is 0.525. The SMILES string of the molecule is Br.COc1c(N2CCOC2=O)cc(C(=O)CN2Cc3ccc(C4CC4)nc3C2=N)cc1C(C)(C)C. The summed E-state index contributed by atoms with van der Waals surface area (Å²) in [5, 5.41) is 8.63. The van der Waals surface area contributed by atoms with Crippen molar-refractivity contribution >= 4 is 40.4 Å². The number of carbonyl (C=O) groups excluding carboxylic acids is 2. The predicted molar refractivity (Wildman–Crippen MR) is 138 cm³/mol. The molecule has 3 heterocycles. The lowest BCUT2D eigenvalue weighted by molar-refractivity contribution is 0.0962. The van der Waals surface area contributed by atoms with Crippen LogP contribution in [0.2, 0.25) is 0 Å². The molecule has 0 unspecified atom stereocenters. The topological polar surface area (TPSA) is 95.8 Å². The van der Waals surface area contributed by atoms with E-state index in [2.05, 4.69) is 6.07 Å². The van der Waals surface area contributed by atoms with Gasteiger partial charge >= 0.3 is 6.09 Å². The Kier molecular flexibility index (Phi) is 6.66. The van der Waals surface area contributed by atoms with Gasteiger partial charge in [0.1, 0.15) is 23.9 Å². The van der Waals surface area contributed by atoms with Gasteiger partial charge in [-0.2, -0.15) is 0 Å². The predicted octanol–water partition coefficient (Wildman–Crippen LogP) is 4.82. The molecule has 5 rings (SSSR count). The Morgan fingerprint density at radius 1 is 1.26 bits per heavy atom. The number of benzene rings is 1. The van der Waals surface area contributed by atoms with Crippen LogP contribution in [0.1, 0.15) is 72.4 Å². The number of ether oxygens (including phenoxy) is 2. The summed E-state index contributed by atoms with van der Waals surface area (Å²) in [6.45, 7) is 7.38. The number of pyridine rings is 1. The van der Waals surface area contributed by atoms with E-state index >= 15 is 0 Å². The van der Waals surface area contributed by atoms with Crippen LogP contribution in [0.5, 0.6) is 5.75 Å². The molecule has 35 heavy (non-hydrogen) atoms. The number of nitrogens with zero attached hydrogens (tertiary/aromatic N) is 3. The van der Waals surface area contributed by atoms with Crippen LogP contribution in [0.4, 0.5) is 10.5 Å². The van der Waals surface area contributed by atoms with Crippen molar-refractivity contribution in [1.29, 1.82) is 5.41 Å². The van der Waals surface area contributed by atoms with Crippen molar-refractivity contribution in [2.24, 2.45) is 0 Å². The molecule has 0 bridgehead atoms. The van der Waals surface area contributed by atoms with Crippen LogP contribution in [0, 0.1) is 5.41 Å². The minimum atomic E-state index is -0.447. The molecule has 1 saturated heterocycles. The highest BCUT2D eigenvalue weighted by Crippen LogP contribution is 2.42. The number of anilines is 1. The van der Waals surface area contributed by atoms with E-state index in [1.807, 2.05) is 32.9 Å². The van der Waals surface area contributed by atoms with Crippen LogP contribution in [0.15, 0.2) is 24.3 Å². The number of ketones is 1. The number of nitrogens with one attached hydrogen (secondary N) is 1. The summed E-state index contributed by atoms with van der Waals surface area (Å²) in [4.78, 5) is 33.8. The second-order valence-electron chi connectivity index (χ2n) is 10.2. The molecule has 0 atom stereocenters. The van der Waals surface area contributed by atoms with Crippen molar-refractivity contribution < 1.29 is 19.1 Å². The maximum atomic E-state index is 13.5. The maximum absolute atomic E-state index is 13.5. The van der Waals surface area contributed by atoms with E-state index in [0.717, 1.165) is 29.7 Å². The van der Waals surface area contributed by atoms with Crippen LogP contribution < -0.4 is 9.64 Å². The Morgan fingerprint density at radius 2 is 2.00 bits per heavy atom. The molecule has 186 valence electrons. The van der Waals surface area contributed by atoms with Crippen LogP contribution in [0.25, 0.3) is 0 Å². The van der Waals surface area contributed by atoms with Crippen molar-refractivity contribution in [2.45, 2.75) is 51.5 Å². The van der Waals surface area contributed by atoms with E-state index in [-0.39, 0.29) is 34.7 Å². The number of fused-ring (bicyclic) bond motifs is 1. The minimum Gasteiger partial charge on any atom is -0.494 e. The fourth-order valence-electron chi connectivity index (χ4n) is 4.64. The number of Topliss-reactive ketones (excluding diaryl/α,β-unsaturated/α-hetero) is 1. The van der Waals surface area contributed by atoms with E-state index in [0.29, 0.717) is 54.1 Å². The molecule has 2 aromatic rings. The van der Waals surface area contributed by atoms with Gasteiger partial charge in [0.2, 0.25) is 0 Å². The number of amides is 1. The Balaban J connectivity index is 0.00000289. The molecule has 1 aromatic carbocycles. The van der Waals surface area contributed by atoms with Gasteiger partial charge < -0.3 is 14.4 Å². The van der Waals surface area contributed by atoms with Crippen LogP contribution in [0.3, 0.4) is 0 Å². The third-order valence-electron chi connectivity index (χ3n) is 6.69. The summed E-state index contributed by atoms with van der Waals surface area (Å²) in [6, 6.07) is 7.65. The number of hydrogen-bond acceptors (Lipinski definition) is 6. The third kappa shape index (κ3) is 4.66. The average Bonchev–Trinajstić information content (AvgIpc) is 3.50. The summed E-state index contributed by atoms with van der Waals surface area (Å²) in [7, 11) is 1.57. The van der Waals surface area contributed by atoms with Crippen molar-refractivity contribution in [2.75, 3.05) is 31.7 Å². The number of carbonyl (C=O) groups is 2. The van der Waals surface area contributed by atoms with Crippen molar-refractivity contribution in [3.63, 3.8) is 0 Å². The number of cyclic esters (lactones) is 1. The molecular formula is C26H31BrN4O4. The lowest BCUT2D eigenvalue weighted by atomic mass is 9.84. The largest absolute Gasteiger partial charge is 0.494 e. The van der Waals surface area contributed by atoms with Crippen LogP contribution in [-0.4, -0.2) is 54.4 Å². The first-order valence-corrected chi connectivity index (χ1v) is 11.7. The fourth-order valence-corrected chi connectivity index (χ4v) is 4.64. The number of hydrogen-bond donors (Lipinski definition) is 1. The van der Waals surface area contributed by atoms with E-state index in [1.165, 1.54) is 4.90 Å². The highest BCUT2D eigenvalue weighted by atomic mass is 79.9. The molecule has 2 fully saturated rings. The van der Waals surface area contributed by atoms with Gasteiger partial charge in [-0.1, -0.05) is 26.8 Å². The van der Waals surface area contributed by atoms with Gasteiger partial charge in [-0.25, -0.2) is 9.78 Å². The summed E-state index contributed by atoms with van der Waals surface area (Å²) in [5.74, 6) is 1.25. The number of halogens is 1. The average molecular weight is 543 g/mol. The second kappa shape index (κ2) is 9.26. The molecule has 3 aliphatic rings. The van der Waals surface area contributed by atoms with Crippen molar-refractivity contribution in [3.05, 3.63) is 52.3 Å². The number of aromatic nitrogens is 1. The van der Waals surface area contributed by atoms with E-state index < -0.39 is 6.09 Å². The van der Waals surface area contributed by atoms with Gasteiger partial charge in [0.05, 0.1) is 25.9 Å². The van der Waals surface area contributed by atoms with E-state index in [1.54, 1.807) is 18.1 Å². The Labute approximate surface area is 215 Å². The fraction of sp³-hybridized carbons (Fsp3) is 0.462. The first-order chi connectivity index (χ1) is 16.2. The lowest BCUT2D eigenvalue weighted by Gasteiger charge is -2.27. The zero-order valence-electron chi connectivity index (χ0n) is 20.5. The smallest absolute Gasteiger partial charge is 0.414 e. The molecule has 1 aliphatic carbocycles. The molecule has 1 saturated carbocycles. The molecule has 9 heteroatoms. The van der Waals surface area contributed by atoms with E-state index in [9.17, 15) is 9.59 Å². The zero-order valence-corrected chi connectivity index (χ0v) is 22.2. The first-order valence-electron chi connectivity index (χ1n) is 11.7. The molecular weight excluding hydrogens is 512 g/mol. The van der Waals surface area contributed by atoms with Crippen LogP contribution >= 0.6 is 17.0 Å². The third-order valence-corrected chi connectivity index (χ3v) is 6.69. The normalized spacial score (nSPS) is 17.3. The van der Waals surface area contributed by atoms with Gasteiger partial charge in [0.25, 0.3) is 0 Å². The van der Waals surface area contributed by atoms with Gasteiger partial charge in [-0.15, -0.1) is 17.0 Å². The Bertz CT molecular complexity index is 1200. The van der Waals surface area contributed by atoms with Crippen LogP contribution in [-0.2, 0) is 16.7 Å². The number of amidine groups is 1. The van der Waals surface area contributed by atoms with Crippen molar-refractivity contribution in [3.8, 4) is 5.75 Å². The summed E-state index contributed by atoms with van der Waals surface area (Å²) < 4.78 is 10.9. The molecule has 0 radical (unpaired) electrons. The monoisotopic (exact) mass is 542 g/mol. The van der Waals surface area contributed by atoms with Gasteiger partial charge in [0, 0.05) is 34.8 Å². The highest BCUT2D eigenvalue weighted by molar-refractivity contribution is 8.93. The lowest BCUT2D eigenvalue weighted by Crippen LogP contribution is -2.31. The molecule has 2 aliphatic heterocycles. The second-order valence-corrected chi connectivity index (χ2v) is 10.2. The molecule has 1 amide bonds. The number of rotatable bonds is 6. The summed E-state index contributed by atoms with van der Waals surface area (Å²) in [5.41, 5.74) is 4.25. The molecule has 1 aromatic heterocycles. The minimum absolute atomic E-state index is 0. The van der Waals surface area contributed by atoms with Gasteiger partial charge in [0.15, 0.2) is 5.78 Å². The summed E-state index contributed by atoms with van der Waals surface area (Å²) >= 11 is 0. The highest BCUT2D eigenvalue weighted by Gasteiger charge is 2.34. The zero-order chi connectivity index (χ0) is 24.2. The molecule has 0 spiro atoms. The standard InChI is InChI=1S/C26H30N4O4.BrH/c1-26(2,3)18-11-17(12-20(23(18)33-4)30-9-10-34-25(30)32)21(31)14-29-13-16-7-8-19(15-5-6-15)28-22(16)24(29)27;/h7-8,11-12,15,27H,5-6,9-10,13-14H2,1-4H3;1H.